The molecule has 1 heterocycles. The molecule has 0 radical (unpaired) electrons. The van der Waals surface area contributed by atoms with E-state index in [1.54, 1.807) is 6.07 Å². The molecular formula is C26H25N3O3. The molecule has 6 heteroatoms. The molecule has 0 aliphatic heterocycles. The Morgan fingerprint density at radius 1 is 0.844 bits per heavy atom. The van der Waals surface area contributed by atoms with Gasteiger partial charge in [-0.25, -0.2) is 4.68 Å². The van der Waals surface area contributed by atoms with Gasteiger partial charge < -0.3 is 14.8 Å². The molecule has 0 aliphatic carbocycles. The van der Waals surface area contributed by atoms with Crippen LogP contribution in [0.5, 0.6) is 11.5 Å². The molecule has 4 rings (SSSR count). The first kappa shape index (κ1) is 21.2. The maximum atomic E-state index is 12.6. The largest absolute Gasteiger partial charge is 0.485 e. The lowest BCUT2D eigenvalue weighted by atomic mass is 10.2. The minimum absolute atomic E-state index is 0.138. The number of para-hydroxylation sites is 3. The van der Waals surface area contributed by atoms with E-state index in [-0.39, 0.29) is 12.5 Å². The molecule has 0 spiro atoms. The molecule has 0 saturated heterocycles. The summed E-state index contributed by atoms with van der Waals surface area (Å²) < 4.78 is 13.5. The third kappa shape index (κ3) is 4.98. The molecule has 0 bridgehead atoms. The standard InChI is InChI=1S/C26H25N3O3/c1-19-26(20(2)29(28-19)22-13-7-4-8-14-22)27-25(30)18-32-24-16-10-9-15-23(24)31-17-21-11-5-3-6-12-21/h3-16H,17-18H2,1-2H3,(H,27,30). The van der Waals surface area contributed by atoms with Crippen LogP contribution in [-0.4, -0.2) is 22.3 Å². The predicted octanol–water partition coefficient (Wildman–Crippen LogP) is 5.09. The molecule has 32 heavy (non-hydrogen) atoms. The summed E-state index contributed by atoms with van der Waals surface area (Å²) in [6.45, 7) is 4.08. The molecule has 1 N–H and O–H groups in total. The highest BCUT2D eigenvalue weighted by atomic mass is 16.5. The molecule has 1 amide bonds. The van der Waals surface area contributed by atoms with Crippen molar-refractivity contribution < 1.29 is 14.3 Å². The van der Waals surface area contributed by atoms with E-state index in [4.69, 9.17) is 9.47 Å². The van der Waals surface area contributed by atoms with Crippen molar-refractivity contribution in [3.8, 4) is 17.2 Å². The molecule has 4 aromatic rings. The Labute approximate surface area is 187 Å². The van der Waals surface area contributed by atoms with Gasteiger partial charge in [0.15, 0.2) is 18.1 Å². The average Bonchev–Trinajstić information content (AvgIpc) is 3.11. The first-order valence-electron chi connectivity index (χ1n) is 10.4. The molecule has 6 nitrogen and oxygen atoms in total. The normalized spacial score (nSPS) is 10.6. The van der Waals surface area contributed by atoms with Crippen molar-refractivity contribution in [2.75, 3.05) is 11.9 Å². The van der Waals surface area contributed by atoms with Gasteiger partial charge in [-0.05, 0) is 43.7 Å². The van der Waals surface area contributed by atoms with Crippen molar-refractivity contribution in [1.29, 1.82) is 0 Å². The fourth-order valence-corrected chi connectivity index (χ4v) is 3.39. The molecule has 1 aromatic heterocycles. The Morgan fingerprint density at radius 2 is 1.44 bits per heavy atom. The molecule has 0 unspecified atom stereocenters. The number of nitrogens with one attached hydrogen (secondary N) is 1. The number of carbonyl (C=O) groups is 1. The second kappa shape index (κ2) is 9.83. The quantitative estimate of drug-likeness (QED) is 0.426. The van der Waals surface area contributed by atoms with Crippen molar-refractivity contribution in [1.82, 2.24) is 9.78 Å². The van der Waals surface area contributed by atoms with E-state index in [0.29, 0.717) is 23.8 Å². The lowest BCUT2D eigenvalue weighted by Gasteiger charge is -2.13. The van der Waals surface area contributed by atoms with Gasteiger partial charge in [-0.15, -0.1) is 0 Å². The smallest absolute Gasteiger partial charge is 0.262 e. The number of aromatic nitrogens is 2. The second-order valence-electron chi connectivity index (χ2n) is 7.35. The topological polar surface area (TPSA) is 65.4 Å². The molecule has 3 aromatic carbocycles. The lowest BCUT2D eigenvalue weighted by Crippen LogP contribution is -2.21. The minimum Gasteiger partial charge on any atom is -0.485 e. The van der Waals surface area contributed by atoms with E-state index in [1.807, 2.05) is 97.4 Å². The Hall–Kier alpha value is -4.06. The maximum Gasteiger partial charge on any atom is 0.262 e. The van der Waals surface area contributed by atoms with Gasteiger partial charge >= 0.3 is 0 Å². The van der Waals surface area contributed by atoms with Gasteiger partial charge in [-0.2, -0.15) is 5.10 Å². The summed E-state index contributed by atoms with van der Waals surface area (Å²) in [4.78, 5) is 12.6. The van der Waals surface area contributed by atoms with Gasteiger partial charge in [0.2, 0.25) is 0 Å². The lowest BCUT2D eigenvalue weighted by molar-refractivity contribution is -0.118. The fraction of sp³-hybridized carbons (Fsp3) is 0.154. The Balaban J connectivity index is 1.39. The van der Waals surface area contributed by atoms with Gasteiger partial charge in [0.25, 0.3) is 5.91 Å². The zero-order valence-corrected chi connectivity index (χ0v) is 18.1. The summed E-state index contributed by atoms with van der Waals surface area (Å²) >= 11 is 0. The number of nitrogens with zero attached hydrogens (tertiary/aromatic N) is 2. The maximum absolute atomic E-state index is 12.6. The second-order valence-corrected chi connectivity index (χ2v) is 7.35. The van der Waals surface area contributed by atoms with Crippen LogP contribution >= 0.6 is 0 Å². The minimum atomic E-state index is -0.262. The van der Waals surface area contributed by atoms with E-state index in [0.717, 1.165) is 22.6 Å². The number of amides is 1. The predicted molar refractivity (Wildman–Crippen MR) is 124 cm³/mol. The number of benzene rings is 3. The highest BCUT2D eigenvalue weighted by Gasteiger charge is 2.16. The summed E-state index contributed by atoms with van der Waals surface area (Å²) in [7, 11) is 0. The number of carbonyl (C=O) groups excluding carboxylic acids is 1. The summed E-state index contributed by atoms with van der Waals surface area (Å²) in [5.41, 5.74) is 4.28. The third-order valence-corrected chi connectivity index (χ3v) is 5.00. The molecule has 0 aliphatic rings. The van der Waals surface area contributed by atoms with Gasteiger partial charge in [-0.3, -0.25) is 4.79 Å². The van der Waals surface area contributed by atoms with Crippen LogP contribution in [0.4, 0.5) is 5.69 Å². The summed E-state index contributed by atoms with van der Waals surface area (Å²) in [6.07, 6.45) is 0. The Bertz CT molecular complexity index is 1190. The molecular weight excluding hydrogens is 402 g/mol. The number of aryl methyl sites for hydroxylation is 1. The molecule has 0 fully saturated rings. The van der Waals surface area contributed by atoms with Crippen LogP contribution in [0.25, 0.3) is 5.69 Å². The van der Waals surface area contributed by atoms with Gasteiger partial charge in [-0.1, -0.05) is 60.7 Å². The first-order valence-corrected chi connectivity index (χ1v) is 10.4. The SMILES string of the molecule is Cc1nn(-c2ccccc2)c(C)c1NC(=O)COc1ccccc1OCc1ccccc1. The Morgan fingerprint density at radius 3 is 2.12 bits per heavy atom. The van der Waals surface area contributed by atoms with Gasteiger partial charge in [0.05, 0.1) is 22.8 Å². The van der Waals surface area contributed by atoms with E-state index in [2.05, 4.69) is 10.4 Å². The highest BCUT2D eigenvalue weighted by molar-refractivity contribution is 5.93. The number of hydrogen-bond acceptors (Lipinski definition) is 4. The molecule has 0 atom stereocenters. The number of rotatable bonds is 8. The van der Waals surface area contributed by atoms with Crippen LogP contribution in [0.15, 0.2) is 84.9 Å². The van der Waals surface area contributed by atoms with Crippen LogP contribution in [0.2, 0.25) is 0 Å². The van der Waals surface area contributed by atoms with Crippen LogP contribution < -0.4 is 14.8 Å². The monoisotopic (exact) mass is 427 g/mol. The van der Waals surface area contributed by atoms with E-state index >= 15 is 0 Å². The average molecular weight is 428 g/mol. The fourth-order valence-electron chi connectivity index (χ4n) is 3.39. The van der Waals surface area contributed by atoms with E-state index < -0.39 is 0 Å². The van der Waals surface area contributed by atoms with Gasteiger partial charge in [0.1, 0.15) is 6.61 Å². The number of anilines is 1. The van der Waals surface area contributed by atoms with E-state index in [1.165, 1.54) is 0 Å². The van der Waals surface area contributed by atoms with Crippen molar-refractivity contribution >= 4 is 11.6 Å². The first-order chi connectivity index (χ1) is 15.6. The summed E-state index contributed by atoms with van der Waals surface area (Å²) in [5.74, 6) is 0.849. The van der Waals surface area contributed by atoms with E-state index in [9.17, 15) is 4.79 Å². The van der Waals surface area contributed by atoms with Gasteiger partial charge in [0, 0.05) is 0 Å². The highest BCUT2D eigenvalue weighted by Crippen LogP contribution is 2.28. The number of ether oxygens (including phenoxy) is 2. The van der Waals surface area contributed by atoms with Crippen LogP contribution in [-0.2, 0) is 11.4 Å². The third-order valence-electron chi connectivity index (χ3n) is 5.00. The summed E-state index contributed by atoms with van der Waals surface area (Å²) in [5, 5.41) is 7.49. The van der Waals surface area contributed by atoms with Crippen molar-refractivity contribution in [2.45, 2.75) is 20.5 Å². The van der Waals surface area contributed by atoms with Crippen LogP contribution in [0, 0.1) is 13.8 Å². The van der Waals surface area contributed by atoms with Crippen molar-refractivity contribution in [3.05, 3.63) is 102 Å². The Kier molecular flexibility index (Phi) is 6.51. The van der Waals surface area contributed by atoms with Crippen molar-refractivity contribution in [3.63, 3.8) is 0 Å². The summed E-state index contributed by atoms with van der Waals surface area (Å²) in [6, 6.07) is 27.0. The van der Waals surface area contributed by atoms with Crippen molar-refractivity contribution in [2.24, 2.45) is 0 Å². The van der Waals surface area contributed by atoms with Crippen LogP contribution in [0.3, 0.4) is 0 Å². The zero-order valence-electron chi connectivity index (χ0n) is 18.1. The van der Waals surface area contributed by atoms with Crippen LogP contribution in [0.1, 0.15) is 17.0 Å². The zero-order chi connectivity index (χ0) is 22.3. The molecule has 0 saturated carbocycles. The number of hydrogen-bond donors (Lipinski definition) is 1. The molecule has 162 valence electrons.